The van der Waals surface area contributed by atoms with Gasteiger partial charge in [0.25, 0.3) is 0 Å². The molecule has 0 saturated heterocycles. The van der Waals surface area contributed by atoms with E-state index in [1.165, 1.54) is 11.1 Å². The molecule has 5 nitrogen and oxygen atoms in total. The van der Waals surface area contributed by atoms with Gasteiger partial charge in [-0.1, -0.05) is 31.6 Å². The third-order valence-electron chi connectivity index (χ3n) is 11.0. The summed E-state index contributed by atoms with van der Waals surface area (Å²) in [5.74, 6) is 3.06. The Morgan fingerprint density at radius 1 is 1.02 bits per heavy atom. The summed E-state index contributed by atoms with van der Waals surface area (Å²) in [5, 5.41) is 3.06. The zero-order valence-corrected chi connectivity index (χ0v) is 25.7. The molecule has 0 radical (unpaired) electrons. The SMILES string of the molecule is C[C@]12CCNC(=O)C=C1CC[C@@H]1C2CC[C@@]2(C)C1CC[C@@H]2OC(=O)CCCc1ccc(N(CCCl)CCCl)cc1. The number of halogens is 2. The summed E-state index contributed by atoms with van der Waals surface area (Å²) < 4.78 is 6.24. The zero-order valence-electron chi connectivity index (χ0n) is 24.2. The van der Waals surface area contributed by atoms with Crippen LogP contribution in [-0.4, -0.2) is 49.4 Å². The van der Waals surface area contributed by atoms with Crippen molar-refractivity contribution in [1.29, 1.82) is 0 Å². The number of alkyl halides is 2. The van der Waals surface area contributed by atoms with Crippen molar-refractivity contribution < 1.29 is 14.3 Å². The number of carbonyl (C=O) groups is 2. The van der Waals surface area contributed by atoms with Crippen LogP contribution in [0.3, 0.4) is 0 Å². The van der Waals surface area contributed by atoms with Gasteiger partial charge in [-0.15, -0.1) is 23.2 Å². The number of benzene rings is 1. The Balaban J connectivity index is 1.14. The first-order valence-corrected chi connectivity index (χ1v) is 16.5. The van der Waals surface area contributed by atoms with Gasteiger partial charge >= 0.3 is 5.97 Å². The van der Waals surface area contributed by atoms with E-state index in [1.54, 1.807) is 0 Å². The van der Waals surface area contributed by atoms with Crippen molar-refractivity contribution in [3.05, 3.63) is 41.5 Å². The molecular formula is C33H46Cl2N2O3. The quantitative estimate of drug-likeness (QED) is 0.239. The maximum absolute atomic E-state index is 13.0. The van der Waals surface area contributed by atoms with Crippen molar-refractivity contribution in [3.8, 4) is 0 Å². The molecule has 4 aliphatic rings. The minimum Gasteiger partial charge on any atom is -0.462 e. The van der Waals surface area contributed by atoms with Crippen molar-refractivity contribution >= 4 is 40.8 Å². The molecule has 220 valence electrons. The number of nitrogens with zero attached hydrogens (tertiary/aromatic N) is 1. The Morgan fingerprint density at radius 3 is 2.50 bits per heavy atom. The van der Waals surface area contributed by atoms with Gasteiger partial charge in [-0.3, -0.25) is 9.59 Å². The molecule has 3 saturated carbocycles. The molecule has 1 N–H and O–H groups in total. The van der Waals surface area contributed by atoms with Crippen LogP contribution in [0.1, 0.15) is 77.2 Å². The topological polar surface area (TPSA) is 58.6 Å². The standard InChI is InChI=1S/C33H46Cl2N2O3/c1-32-16-19-36-30(38)22-24(32)8-11-26-27-12-13-29(33(27,2)15-14-28(26)32)40-31(39)5-3-4-23-6-9-25(10-7-23)37(20-17-34)21-18-35/h6-7,9-10,22,26-29H,3-5,8,11-21H2,1-2H3,(H,36,38)/t26-,27?,28?,29-,32-,33-/m0/s1. The van der Waals surface area contributed by atoms with Crippen LogP contribution in [-0.2, 0) is 20.7 Å². The maximum Gasteiger partial charge on any atom is 0.306 e. The normalized spacial score (nSPS) is 33.1. The van der Waals surface area contributed by atoms with Gasteiger partial charge in [0.2, 0.25) is 5.91 Å². The van der Waals surface area contributed by atoms with Crippen molar-refractivity contribution in [3.63, 3.8) is 0 Å². The summed E-state index contributed by atoms with van der Waals surface area (Å²) in [6, 6.07) is 8.53. The van der Waals surface area contributed by atoms with E-state index in [0.29, 0.717) is 35.9 Å². The first kappa shape index (κ1) is 29.8. The lowest BCUT2D eigenvalue weighted by molar-refractivity contribution is -0.159. The van der Waals surface area contributed by atoms with E-state index >= 15 is 0 Å². The number of hydrogen-bond donors (Lipinski definition) is 1. The van der Waals surface area contributed by atoms with Crippen LogP contribution in [0, 0.1) is 28.6 Å². The van der Waals surface area contributed by atoms with E-state index in [-0.39, 0.29) is 28.8 Å². The van der Waals surface area contributed by atoms with Crippen molar-refractivity contribution in [2.24, 2.45) is 28.6 Å². The second kappa shape index (κ2) is 12.7. The van der Waals surface area contributed by atoms with Gasteiger partial charge in [0.15, 0.2) is 0 Å². The van der Waals surface area contributed by atoms with E-state index in [2.05, 4.69) is 48.3 Å². The number of allylic oxidation sites excluding steroid dienone is 1. The summed E-state index contributed by atoms with van der Waals surface area (Å²) in [5.41, 5.74) is 3.91. The highest BCUT2D eigenvalue weighted by Crippen LogP contribution is 2.65. The molecule has 3 fully saturated rings. The Labute approximate surface area is 250 Å². The molecule has 40 heavy (non-hydrogen) atoms. The maximum atomic E-state index is 13.0. The number of carbonyl (C=O) groups excluding carboxylic acids is 2. The number of anilines is 1. The summed E-state index contributed by atoms with van der Waals surface area (Å²) >= 11 is 11.9. The molecule has 1 amide bonds. The van der Waals surface area contributed by atoms with Gasteiger partial charge in [0.1, 0.15) is 6.10 Å². The van der Waals surface area contributed by atoms with Crippen molar-refractivity contribution in [2.75, 3.05) is 36.3 Å². The Morgan fingerprint density at radius 2 is 1.77 bits per heavy atom. The second-order valence-corrected chi connectivity index (χ2v) is 13.8. The number of fused-ring (bicyclic) bond motifs is 5. The molecule has 3 aliphatic carbocycles. The molecule has 1 heterocycles. The van der Waals surface area contributed by atoms with Crippen LogP contribution >= 0.6 is 23.2 Å². The Kier molecular flexibility index (Phi) is 9.41. The first-order chi connectivity index (χ1) is 19.3. The fraction of sp³-hybridized carbons (Fsp3) is 0.697. The number of nitrogens with one attached hydrogen (secondary N) is 1. The van der Waals surface area contributed by atoms with Crippen LogP contribution < -0.4 is 10.2 Å². The van der Waals surface area contributed by atoms with Crippen LogP contribution in [0.2, 0.25) is 0 Å². The zero-order chi connectivity index (χ0) is 28.3. The van der Waals surface area contributed by atoms with Crippen molar-refractivity contribution in [1.82, 2.24) is 5.32 Å². The first-order valence-electron chi connectivity index (χ1n) is 15.4. The molecule has 0 bridgehead atoms. The molecule has 2 unspecified atom stereocenters. The van der Waals surface area contributed by atoms with E-state index in [4.69, 9.17) is 27.9 Å². The van der Waals surface area contributed by atoms with Crippen LogP contribution in [0.25, 0.3) is 0 Å². The molecule has 6 atom stereocenters. The molecule has 0 aromatic heterocycles. The Bertz CT molecular complexity index is 1090. The van der Waals surface area contributed by atoms with Gasteiger partial charge in [-0.05, 0) is 98.7 Å². The molecular weight excluding hydrogens is 543 g/mol. The monoisotopic (exact) mass is 588 g/mol. The highest BCUT2D eigenvalue weighted by atomic mass is 35.5. The number of aryl methyl sites for hydroxylation is 1. The molecule has 1 aromatic rings. The largest absolute Gasteiger partial charge is 0.462 e. The lowest BCUT2D eigenvalue weighted by atomic mass is 9.48. The fourth-order valence-corrected chi connectivity index (χ4v) is 9.22. The predicted molar refractivity (Wildman–Crippen MR) is 163 cm³/mol. The predicted octanol–water partition coefficient (Wildman–Crippen LogP) is 6.89. The van der Waals surface area contributed by atoms with E-state index in [0.717, 1.165) is 83.1 Å². The van der Waals surface area contributed by atoms with Gasteiger partial charge in [0.05, 0.1) is 0 Å². The van der Waals surface area contributed by atoms with Crippen LogP contribution in [0.15, 0.2) is 35.9 Å². The third-order valence-corrected chi connectivity index (χ3v) is 11.4. The molecule has 5 rings (SSSR count). The van der Waals surface area contributed by atoms with E-state index in [1.807, 2.05) is 6.08 Å². The van der Waals surface area contributed by atoms with Crippen LogP contribution in [0.5, 0.6) is 0 Å². The molecule has 1 aliphatic heterocycles. The Hall–Kier alpha value is -1.72. The summed E-state index contributed by atoms with van der Waals surface area (Å²) in [6.07, 6.45) is 11.7. The average molecular weight is 590 g/mol. The van der Waals surface area contributed by atoms with Gasteiger partial charge in [0, 0.05) is 55.0 Å². The smallest absolute Gasteiger partial charge is 0.306 e. The minimum absolute atomic E-state index is 0.0298. The van der Waals surface area contributed by atoms with Gasteiger partial charge in [-0.2, -0.15) is 0 Å². The number of ether oxygens (including phenoxy) is 1. The average Bonchev–Trinajstić information content (AvgIpc) is 3.17. The molecule has 7 heteroatoms. The highest BCUT2D eigenvalue weighted by molar-refractivity contribution is 6.18. The number of esters is 1. The summed E-state index contributed by atoms with van der Waals surface area (Å²) in [6.45, 7) is 7.12. The van der Waals surface area contributed by atoms with E-state index in [9.17, 15) is 9.59 Å². The molecule has 0 spiro atoms. The lowest BCUT2D eigenvalue weighted by Crippen LogP contribution is -2.51. The highest BCUT2D eigenvalue weighted by Gasteiger charge is 2.59. The van der Waals surface area contributed by atoms with Crippen LogP contribution in [0.4, 0.5) is 5.69 Å². The van der Waals surface area contributed by atoms with Gasteiger partial charge < -0.3 is 15.0 Å². The number of hydrogen-bond acceptors (Lipinski definition) is 4. The lowest BCUT2D eigenvalue weighted by Gasteiger charge is -2.56. The third kappa shape index (κ3) is 5.93. The number of rotatable bonds is 10. The fourth-order valence-electron chi connectivity index (χ4n) is 8.81. The minimum atomic E-state index is -0.0461. The van der Waals surface area contributed by atoms with Gasteiger partial charge in [-0.25, -0.2) is 0 Å². The summed E-state index contributed by atoms with van der Waals surface area (Å²) in [4.78, 5) is 27.4. The number of amides is 1. The van der Waals surface area contributed by atoms with E-state index < -0.39 is 0 Å². The second-order valence-electron chi connectivity index (χ2n) is 13.0. The summed E-state index contributed by atoms with van der Waals surface area (Å²) in [7, 11) is 0. The van der Waals surface area contributed by atoms with Crippen molar-refractivity contribution in [2.45, 2.75) is 84.2 Å². The molecule has 1 aromatic carbocycles.